The van der Waals surface area contributed by atoms with Gasteiger partial charge in [-0.15, -0.1) is 0 Å². The van der Waals surface area contributed by atoms with E-state index in [-0.39, 0.29) is 23.5 Å². The van der Waals surface area contributed by atoms with Crippen LogP contribution in [-0.2, 0) is 14.3 Å². The molecule has 2 rings (SSSR count). The summed E-state index contributed by atoms with van der Waals surface area (Å²) >= 11 is 0. The molecule has 22 heavy (non-hydrogen) atoms. The van der Waals surface area contributed by atoms with Gasteiger partial charge in [0.05, 0.1) is 7.11 Å². The van der Waals surface area contributed by atoms with Crippen molar-refractivity contribution in [2.45, 2.75) is 64.6 Å². The van der Waals surface area contributed by atoms with Gasteiger partial charge in [-0.05, 0) is 40.0 Å². The van der Waals surface area contributed by atoms with Gasteiger partial charge in [0.25, 0.3) is 0 Å². The third kappa shape index (κ3) is 3.72. The number of carbonyl (C=O) groups is 2. The van der Waals surface area contributed by atoms with Gasteiger partial charge in [-0.3, -0.25) is 4.79 Å². The van der Waals surface area contributed by atoms with Crippen LogP contribution in [0.1, 0.15) is 47.0 Å². The maximum atomic E-state index is 11.9. The molecule has 1 saturated carbocycles. The van der Waals surface area contributed by atoms with Gasteiger partial charge < -0.3 is 19.7 Å². The molecule has 126 valence electrons. The average Bonchev–Trinajstić information content (AvgIpc) is 2.32. The topological polar surface area (TPSA) is 67.9 Å². The Kier molecular flexibility index (Phi) is 4.70. The predicted octanol–water partition coefficient (Wildman–Crippen LogP) is 1.93. The highest BCUT2D eigenvalue weighted by molar-refractivity contribution is 5.75. The van der Waals surface area contributed by atoms with Crippen LogP contribution in [0.3, 0.4) is 0 Å². The Hall–Kier alpha value is -1.30. The summed E-state index contributed by atoms with van der Waals surface area (Å²) in [5.74, 6) is -0.201. The van der Waals surface area contributed by atoms with Gasteiger partial charge in [-0.25, -0.2) is 4.79 Å². The van der Waals surface area contributed by atoms with Gasteiger partial charge in [0, 0.05) is 24.5 Å². The minimum absolute atomic E-state index is 0.201. The Morgan fingerprint density at radius 3 is 2.36 bits per heavy atom. The van der Waals surface area contributed by atoms with E-state index in [1.54, 1.807) is 4.90 Å². The first-order chi connectivity index (χ1) is 10.2. The zero-order chi connectivity index (χ0) is 16.5. The van der Waals surface area contributed by atoms with Crippen LogP contribution in [0, 0.1) is 5.41 Å². The van der Waals surface area contributed by atoms with Crippen molar-refractivity contribution in [1.82, 2.24) is 10.2 Å². The fourth-order valence-electron chi connectivity index (χ4n) is 3.36. The van der Waals surface area contributed by atoms with E-state index in [0.717, 1.165) is 32.4 Å². The number of methoxy groups -OCH3 is 1. The molecule has 1 saturated heterocycles. The van der Waals surface area contributed by atoms with E-state index in [1.165, 1.54) is 7.11 Å². The van der Waals surface area contributed by atoms with Gasteiger partial charge in [-0.2, -0.15) is 0 Å². The Morgan fingerprint density at radius 1 is 1.32 bits per heavy atom. The van der Waals surface area contributed by atoms with Crippen LogP contribution < -0.4 is 5.32 Å². The zero-order valence-electron chi connectivity index (χ0n) is 14.3. The predicted molar refractivity (Wildman–Crippen MR) is 82.5 cm³/mol. The molecule has 0 aromatic rings. The summed E-state index contributed by atoms with van der Waals surface area (Å²) in [6, 6.07) is 0.110. The smallest absolute Gasteiger partial charge is 0.410 e. The molecule has 0 bridgehead atoms. The zero-order valence-corrected chi connectivity index (χ0v) is 14.3. The normalized spacial score (nSPS) is 21.8. The number of likely N-dealkylation sites (tertiary alicyclic amines) is 1. The summed E-state index contributed by atoms with van der Waals surface area (Å²) in [7, 11) is 1.42. The lowest BCUT2D eigenvalue weighted by atomic mass is 9.60. The molecule has 1 heterocycles. The van der Waals surface area contributed by atoms with E-state index in [0.29, 0.717) is 6.04 Å². The molecule has 1 aliphatic heterocycles. The number of hydrogen-bond donors (Lipinski definition) is 1. The Morgan fingerprint density at radius 2 is 1.91 bits per heavy atom. The maximum absolute atomic E-state index is 11.9. The largest absolute Gasteiger partial charge is 0.468 e. The summed E-state index contributed by atoms with van der Waals surface area (Å²) < 4.78 is 10.2. The Bertz CT molecular complexity index is 430. The molecule has 6 heteroatoms. The van der Waals surface area contributed by atoms with Crippen molar-refractivity contribution < 1.29 is 19.1 Å². The van der Waals surface area contributed by atoms with E-state index < -0.39 is 5.60 Å². The number of ether oxygens (including phenoxy) is 2. The highest BCUT2D eigenvalue weighted by Gasteiger charge is 2.54. The molecule has 2 aliphatic rings. The molecule has 0 aromatic carbocycles. The van der Waals surface area contributed by atoms with Crippen molar-refractivity contribution in [3.63, 3.8) is 0 Å². The highest BCUT2D eigenvalue weighted by Crippen LogP contribution is 2.48. The van der Waals surface area contributed by atoms with Crippen LogP contribution in [0.2, 0.25) is 0 Å². The number of amides is 1. The van der Waals surface area contributed by atoms with E-state index in [1.807, 2.05) is 27.7 Å². The number of carbonyl (C=O) groups excluding carboxylic acids is 2. The molecule has 1 unspecified atom stereocenters. The molecular weight excluding hydrogens is 284 g/mol. The van der Waals surface area contributed by atoms with Gasteiger partial charge >= 0.3 is 12.1 Å². The second-order valence-electron chi connectivity index (χ2n) is 7.59. The first kappa shape index (κ1) is 17.1. The number of hydrogen-bond acceptors (Lipinski definition) is 5. The molecule has 1 atom stereocenters. The minimum Gasteiger partial charge on any atom is -0.468 e. The molecule has 1 N–H and O–H groups in total. The monoisotopic (exact) mass is 312 g/mol. The van der Waals surface area contributed by atoms with Crippen molar-refractivity contribution in [3.05, 3.63) is 0 Å². The second kappa shape index (κ2) is 6.07. The van der Waals surface area contributed by atoms with Crippen molar-refractivity contribution in [3.8, 4) is 0 Å². The van der Waals surface area contributed by atoms with Crippen molar-refractivity contribution in [2.75, 3.05) is 20.2 Å². The lowest BCUT2D eigenvalue weighted by Gasteiger charge is -2.59. The minimum atomic E-state index is -0.446. The van der Waals surface area contributed by atoms with Gasteiger partial charge in [0.2, 0.25) is 0 Å². The summed E-state index contributed by atoms with van der Waals surface area (Å²) in [4.78, 5) is 25.3. The van der Waals surface area contributed by atoms with Gasteiger partial charge in [0.1, 0.15) is 11.6 Å². The van der Waals surface area contributed by atoms with Crippen LogP contribution in [0.25, 0.3) is 0 Å². The highest BCUT2D eigenvalue weighted by atomic mass is 16.6. The molecule has 1 spiro atoms. The van der Waals surface area contributed by atoms with Crippen LogP contribution in [0.5, 0.6) is 0 Å². The first-order valence-electron chi connectivity index (χ1n) is 8.00. The van der Waals surface area contributed by atoms with Crippen LogP contribution in [0.15, 0.2) is 0 Å². The number of esters is 1. The summed E-state index contributed by atoms with van der Waals surface area (Å²) in [5.41, 5.74) is -0.221. The Balaban J connectivity index is 1.72. The number of nitrogens with one attached hydrogen (secondary N) is 1. The van der Waals surface area contributed by atoms with Crippen LogP contribution in [0.4, 0.5) is 4.79 Å². The van der Waals surface area contributed by atoms with Crippen molar-refractivity contribution >= 4 is 12.1 Å². The molecule has 1 aliphatic carbocycles. The molecule has 0 aromatic heterocycles. The third-order valence-corrected chi connectivity index (χ3v) is 4.39. The molecule has 2 fully saturated rings. The van der Waals surface area contributed by atoms with E-state index in [2.05, 4.69) is 5.32 Å². The summed E-state index contributed by atoms with van der Waals surface area (Å²) in [6.45, 7) is 9.12. The standard InChI is InChI=1S/C16H28N2O4/c1-6-12(13(19)21-5)17-11-7-16(8-11)9-18(10-16)14(20)22-15(2,3)4/h11-12,17H,6-10H2,1-5H3. The second-order valence-corrected chi connectivity index (χ2v) is 7.59. The van der Waals surface area contributed by atoms with Crippen molar-refractivity contribution in [1.29, 1.82) is 0 Å². The van der Waals surface area contributed by atoms with Gasteiger partial charge in [-0.1, -0.05) is 6.92 Å². The maximum Gasteiger partial charge on any atom is 0.410 e. The van der Waals surface area contributed by atoms with E-state index >= 15 is 0 Å². The lowest BCUT2D eigenvalue weighted by Crippen LogP contribution is -2.68. The SMILES string of the molecule is CCC(NC1CC2(C1)CN(C(=O)OC(C)(C)C)C2)C(=O)OC. The number of nitrogens with zero attached hydrogens (tertiary/aromatic N) is 1. The summed E-state index contributed by atoms with van der Waals surface area (Å²) in [6.07, 6.45) is 2.50. The lowest BCUT2D eigenvalue weighted by molar-refractivity contribution is -0.144. The molecule has 1 amide bonds. The summed E-state index contributed by atoms with van der Waals surface area (Å²) in [5, 5.41) is 3.35. The fourth-order valence-corrected chi connectivity index (χ4v) is 3.36. The number of rotatable bonds is 4. The fraction of sp³-hybridized carbons (Fsp3) is 0.875. The van der Waals surface area contributed by atoms with Gasteiger partial charge in [0.15, 0.2) is 0 Å². The first-order valence-corrected chi connectivity index (χ1v) is 8.00. The van der Waals surface area contributed by atoms with Crippen LogP contribution in [-0.4, -0.2) is 54.8 Å². The van der Waals surface area contributed by atoms with Crippen molar-refractivity contribution in [2.24, 2.45) is 5.41 Å². The van der Waals surface area contributed by atoms with E-state index in [9.17, 15) is 9.59 Å². The molecule has 6 nitrogen and oxygen atoms in total. The Labute approximate surface area is 132 Å². The third-order valence-electron chi connectivity index (χ3n) is 4.39. The molecular formula is C16H28N2O4. The quantitative estimate of drug-likeness (QED) is 0.803. The van der Waals surface area contributed by atoms with E-state index in [4.69, 9.17) is 9.47 Å². The average molecular weight is 312 g/mol. The molecule has 0 radical (unpaired) electrons. The van der Waals surface area contributed by atoms with Crippen LogP contribution >= 0.6 is 0 Å².